The van der Waals surface area contributed by atoms with Gasteiger partial charge in [0.05, 0.1) is 23.7 Å². The van der Waals surface area contributed by atoms with Crippen LogP contribution in [0.5, 0.6) is 0 Å². The van der Waals surface area contributed by atoms with Gasteiger partial charge in [-0.2, -0.15) is 0 Å². The molecule has 31 heavy (non-hydrogen) atoms. The van der Waals surface area contributed by atoms with Crippen molar-refractivity contribution in [1.29, 1.82) is 0 Å². The normalized spacial score (nSPS) is 18.6. The number of benzene rings is 2. The number of aryl methyl sites for hydroxylation is 1. The van der Waals surface area contributed by atoms with E-state index in [0.29, 0.717) is 6.61 Å². The van der Waals surface area contributed by atoms with Gasteiger partial charge in [-0.1, -0.05) is 24.3 Å². The summed E-state index contributed by atoms with van der Waals surface area (Å²) in [5, 5.41) is 3.10. The van der Waals surface area contributed by atoms with E-state index in [9.17, 15) is 4.79 Å². The van der Waals surface area contributed by atoms with Crippen LogP contribution in [0.25, 0.3) is 11.0 Å². The fourth-order valence-electron chi connectivity index (χ4n) is 4.52. The lowest BCUT2D eigenvalue weighted by Crippen LogP contribution is -2.35. The Bertz CT molecular complexity index is 1070. The van der Waals surface area contributed by atoms with Gasteiger partial charge in [-0.05, 0) is 68.4 Å². The van der Waals surface area contributed by atoms with Crippen molar-refractivity contribution in [3.05, 3.63) is 59.9 Å². The molecule has 1 N–H and O–H groups in total. The molecule has 2 fully saturated rings. The Kier molecular flexibility index (Phi) is 5.64. The zero-order valence-electron chi connectivity index (χ0n) is 18.1. The monoisotopic (exact) mass is 418 g/mol. The Morgan fingerprint density at radius 3 is 2.87 bits per heavy atom. The van der Waals surface area contributed by atoms with Crippen LogP contribution in [0.4, 0.5) is 10.5 Å². The molecular weight excluding hydrogens is 388 g/mol. The van der Waals surface area contributed by atoms with Gasteiger partial charge in [0.15, 0.2) is 0 Å². The lowest BCUT2D eigenvalue weighted by atomic mass is 10.2. The summed E-state index contributed by atoms with van der Waals surface area (Å²) in [6.45, 7) is 5.14. The van der Waals surface area contributed by atoms with E-state index in [1.165, 1.54) is 12.8 Å². The second-order valence-corrected chi connectivity index (χ2v) is 8.64. The van der Waals surface area contributed by atoms with E-state index in [4.69, 9.17) is 9.72 Å². The second kappa shape index (κ2) is 8.71. The topological polar surface area (TPSA) is 59.4 Å². The molecule has 2 aromatic carbocycles. The van der Waals surface area contributed by atoms with E-state index in [1.54, 1.807) is 0 Å². The number of urea groups is 1. The van der Waals surface area contributed by atoms with Crippen LogP contribution in [0.3, 0.4) is 0 Å². The molecule has 0 spiro atoms. The summed E-state index contributed by atoms with van der Waals surface area (Å²) >= 11 is 0. The Hall–Kier alpha value is -2.86. The lowest BCUT2D eigenvalue weighted by Gasteiger charge is -2.25. The second-order valence-electron chi connectivity index (χ2n) is 8.64. The highest BCUT2D eigenvalue weighted by Crippen LogP contribution is 2.34. The van der Waals surface area contributed by atoms with Gasteiger partial charge in [0, 0.05) is 25.4 Å². The highest BCUT2D eigenvalue weighted by Gasteiger charge is 2.33. The zero-order valence-corrected chi connectivity index (χ0v) is 18.1. The summed E-state index contributed by atoms with van der Waals surface area (Å²) in [7, 11) is 0. The molecule has 6 nitrogen and oxygen atoms in total. The molecule has 1 aromatic heterocycles. The molecule has 1 saturated heterocycles. The molecule has 2 heterocycles. The minimum absolute atomic E-state index is 0.00240. The number of hydrogen-bond donors (Lipinski definition) is 1. The summed E-state index contributed by atoms with van der Waals surface area (Å²) in [5.74, 6) is 1.74. The highest BCUT2D eigenvalue weighted by molar-refractivity contribution is 5.90. The number of nitrogens with one attached hydrogen (secondary N) is 1. The number of nitrogens with zero attached hydrogens (tertiary/aromatic N) is 3. The van der Waals surface area contributed by atoms with Crippen molar-refractivity contribution in [1.82, 2.24) is 14.5 Å². The molecule has 0 radical (unpaired) electrons. The third-order valence-corrected chi connectivity index (χ3v) is 6.31. The van der Waals surface area contributed by atoms with Crippen molar-refractivity contribution in [3.63, 3.8) is 0 Å². The first-order chi connectivity index (χ1) is 15.2. The van der Waals surface area contributed by atoms with Crippen LogP contribution in [-0.4, -0.2) is 33.6 Å². The van der Waals surface area contributed by atoms with Crippen LogP contribution < -0.4 is 5.32 Å². The molecule has 162 valence electrons. The first-order valence-electron chi connectivity index (χ1n) is 11.4. The standard InChI is InChI=1S/C25H30N4O2/c1-2-28-22-10-4-3-9-21(22)27-24(28)23-11-6-14-29(23)25(30)26-20-8-5-7-19(15-20)17-31-16-18-12-13-18/h3-5,7-10,15,18,23H,2,6,11-14,16-17H2,1H3,(H,26,30). The van der Waals surface area contributed by atoms with Crippen LogP contribution in [0, 0.1) is 5.92 Å². The van der Waals surface area contributed by atoms with E-state index < -0.39 is 0 Å². The van der Waals surface area contributed by atoms with E-state index in [1.807, 2.05) is 47.4 Å². The molecule has 1 atom stereocenters. The van der Waals surface area contributed by atoms with E-state index in [2.05, 4.69) is 22.9 Å². The predicted molar refractivity (Wildman–Crippen MR) is 122 cm³/mol. The quantitative estimate of drug-likeness (QED) is 0.562. The number of imidazole rings is 1. The third kappa shape index (κ3) is 4.30. The number of aromatic nitrogens is 2. The molecule has 2 aliphatic rings. The van der Waals surface area contributed by atoms with Crippen LogP contribution in [0.2, 0.25) is 0 Å². The van der Waals surface area contributed by atoms with Gasteiger partial charge in [-0.3, -0.25) is 0 Å². The minimum atomic E-state index is -0.0618. The van der Waals surface area contributed by atoms with E-state index >= 15 is 0 Å². The molecule has 1 aliphatic carbocycles. The molecule has 2 amide bonds. The summed E-state index contributed by atoms with van der Waals surface area (Å²) in [6, 6.07) is 16.1. The highest BCUT2D eigenvalue weighted by atomic mass is 16.5. The van der Waals surface area contributed by atoms with Gasteiger partial charge in [-0.25, -0.2) is 9.78 Å². The summed E-state index contributed by atoms with van der Waals surface area (Å²) in [6.07, 6.45) is 4.50. The molecule has 1 saturated carbocycles. The third-order valence-electron chi connectivity index (χ3n) is 6.31. The lowest BCUT2D eigenvalue weighted by molar-refractivity contribution is 0.111. The van der Waals surface area contributed by atoms with Gasteiger partial charge >= 0.3 is 6.03 Å². The van der Waals surface area contributed by atoms with Crippen molar-refractivity contribution in [2.45, 2.75) is 51.8 Å². The number of ether oxygens (including phenoxy) is 1. The number of likely N-dealkylation sites (tertiary alicyclic amines) is 1. The average molecular weight is 419 g/mol. The predicted octanol–water partition coefficient (Wildman–Crippen LogP) is 5.35. The van der Waals surface area contributed by atoms with Gasteiger partial charge in [0.25, 0.3) is 0 Å². The zero-order chi connectivity index (χ0) is 21.2. The van der Waals surface area contributed by atoms with Crippen LogP contribution in [-0.2, 0) is 17.9 Å². The average Bonchev–Trinajstić information content (AvgIpc) is 3.34. The molecule has 1 unspecified atom stereocenters. The van der Waals surface area contributed by atoms with Crippen molar-refractivity contribution in [2.24, 2.45) is 5.92 Å². The first-order valence-corrected chi connectivity index (χ1v) is 11.4. The number of carbonyl (C=O) groups excluding carboxylic acids is 1. The number of rotatable bonds is 7. The van der Waals surface area contributed by atoms with Crippen molar-refractivity contribution < 1.29 is 9.53 Å². The number of hydrogen-bond acceptors (Lipinski definition) is 3. The van der Waals surface area contributed by atoms with Crippen LogP contribution in [0.1, 0.15) is 50.0 Å². The van der Waals surface area contributed by atoms with Crippen molar-refractivity contribution >= 4 is 22.8 Å². The Labute approximate surface area is 183 Å². The maximum Gasteiger partial charge on any atom is 0.322 e. The Morgan fingerprint density at radius 1 is 1.16 bits per heavy atom. The van der Waals surface area contributed by atoms with E-state index in [0.717, 1.165) is 66.6 Å². The number of amides is 2. The largest absolute Gasteiger partial charge is 0.376 e. The van der Waals surface area contributed by atoms with Gasteiger partial charge in [-0.15, -0.1) is 0 Å². The van der Waals surface area contributed by atoms with Crippen LogP contribution >= 0.6 is 0 Å². The van der Waals surface area contributed by atoms with Gasteiger partial charge in [0.1, 0.15) is 5.82 Å². The van der Waals surface area contributed by atoms with Crippen molar-refractivity contribution in [3.8, 4) is 0 Å². The maximum atomic E-state index is 13.2. The number of carbonyl (C=O) groups is 1. The molecular formula is C25H30N4O2. The van der Waals surface area contributed by atoms with E-state index in [-0.39, 0.29) is 12.1 Å². The minimum Gasteiger partial charge on any atom is -0.376 e. The number of fused-ring (bicyclic) bond motifs is 1. The maximum absolute atomic E-state index is 13.2. The number of anilines is 1. The molecule has 3 aromatic rings. The summed E-state index contributed by atoms with van der Waals surface area (Å²) < 4.78 is 8.04. The fraction of sp³-hybridized carbons (Fsp3) is 0.440. The molecule has 6 heteroatoms. The fourth-order valence-corrected chi connectivity index (χ4v) is 4.52. The molecule has 1 aliphatic heterocycles. The Morgan fingerprint density at radius 2 is 2.03 bits per heavy atom. The summed E-state index contributed by atoms with van der Waals surface area (Å²) in [5.41, 5.74) is 4.02. The van der Waals surface area contributed by atoms with Crippen molar-refractivity contribution in [2.75, 3.05) is 18.5 Å². The summed E-state index contributed by atoms with van der Waals surface area (Å²) in [4.78, 5) is 20.0. The van der Waals surface area contributed by atoms with Gasteiger partial charge < -0.3 is 19.5 Å². The Balaban J connectivity index is 1.30. The molecule has 5 rings (SSSR count). The SMILES string of the molecule is CCn1c(C2CCCN2C(=O)Nc2cccc(COCC3CC3)c2)nc2ccccc21. The first kappa shape index (κ1) is 20.1. The van der Waals surface area contributed by atoms with Crippen LogP contribution in [0.15, 0.2) is 48.5 Å². The van der Waals surface area contributed by atoms with Gasteiger partial charge in [0.2, 0.25) is 0 Å². The molecule has 0 bridgehead atoms. The number of para-hydroxylation sites is 2. The smallest absolute Gasteiger partial charge is 0.322 e.